The van der Waals surface area contributed by atoms with Crippen LogP contribution in [0.3, 0.4) is 0 Å². The summed E-state index contributed by atoms with van der Waals surface area (Å²) in [6, 6.07) is 5.26. The quantitative estimate of drug-likeness (QED) is 0.902. The van der Waals surface area contributed by atoms with E-state index in [1.165, 1.54) is 0 Å². The highest BCUT2D eigenvalue weighted by molar-refractivity contribution is 7.92. The zero-order chi connectivity index (χ0) is 12.3. The molecule has 0 fully saturated rings. The Bertz CT molecular complexity index is 547. The molecule has 0 aliphatic carbocycles. The van der Waals surface area contributed by atoms with Crippen LogP contribution in [0.5, 0.6) is 0 Å². The molecule has 1 aromatic rings. The summed E-state index contributed by atoms with van der Waals surface area (Å²) in [5.74, 6) is 0. The first-order chi connectivity index (χ1) is 7.33. The van der Waals surface area contributed by atoms with Crippen LogP contribution in [-0.4, -0.2) is 14.7 Å². The minimum atomic E-state index is -3.34. The first kappa shape index (κ1) is 12.8. The summed E-state index contributed by atoms with van der Waals surface area (Å²) in [7, 11) is -3.34. The summed E-state index contributed by atoms with van der Waals surface area (Å²) in [4.78, 5) is 0. The van der Waals surface area contributed by atoms with E-state index in [4.69, 9.17) is 16.9 Å². The van der Waals surface area contributed by atoms with Gasteiger partial charge in [-0.2, -0.15) is 5.26 Å². The summed E-state index contributed by atoms with van der Waals surface area (Å²) < 4.78 is 24.6. The Hall–Kier alpha value is -1.25. The number of sulfonamides is 1. The maximum absolute atomic E-state index is 11.1. The summed E-state index contributed by atoms with van der Waals surface area (Å²) in [5, 5.41) is 9.02. The van der Waals surface area contributed by atoms with Gasteiger partial charge in [-0.25, -0.2) is 8.42 Å². The normalized spacial score (nSPS) is 10.9. The van der Waals surface area contributed by atoms with Gasteiger partial charge in [-0.05, 0) is 30.2 Å². The molecule has 0 saturated carbocycles. The molecule has 0 amide bonds. The Kier molecular flexibility index (Phi) is 3.79. The third-order valence-corrected chi connectivity index (χ3v) is 2.97. The number of nitriles is 1. The van der Waals surface area contributed by atoms with Crippen LogP contribution < -0.4 is 4.72 Å². The monoisotopic (exact) mass is 258 g/mol. The molecule has 4 nitrogen and oxygen atoms in total. The molecule has 16 heavy (non-hydrogen) atoms. The van der Waals surface area contributed by atoms with Gasteiger partial charge in [0.2, 0.25) is 10.0 Å². The lowest BCUT2D eigenvalue weighted by Gasteiger charge is -2.10. The third-order valence-electron chi connectivity index (χ3n) is 1.98. The van der Waals surface area contributed by atoms with Crippen molar-refractivity contribution in [2.45, 2.75) is 13.3 Å². The zero-order valence-corrected chi connectivity index (χ0v) is 10.5. The van der Waals surface area contributed by atoms with E-state index in [2.05, 4.69) is 4.72 Å². The number of nitrogens with zero attached hydrogens (tertiary/aromatic N) is 1. The standard InChI is InChI=1S/C10H11ClN2O2S/c1-7-9(11)5-8(3-4-12)6-10(7)13-16(2,14)15/h5-6,13H,3H2,1-2H3. The second kappa shape index (κ2) is 4.73. The lowest BCUT2D eigenvalue weighted by atomic mass is 10.1. The van der Waals surface area contributed by atoms with Crippen LogP contribution in [0.2, 0.25) is 5.02 Å². The first-order valence-electron chi connectivity index (χ1n) is 4.47. The van der Waals surface area contributed by atoms with Gasteiger partial charge >= 0.3 is 0 Å². The number of anilines is 1. The second-order valence-corrected chi connectivity index (χ2v) is 5.61. The maximum Gasteiger partial charge on any atom is 0.229 e. The highest BCUT2D eigenvalue weighted by Crippen LogP contribution is 2.26. The molecule has 6 heteroatoms. The van der Waals surface area contributed by atoms with Crippen molar-refractivity contribution in [3.05, 3.63) is 28.3 Å². The summed E-state index contributed by atoms with van der Waals surface area (Å²) in [6.45, 7) is 1.71. The molecule has 0 heterocycles. The average Bonchev–Trinajstić information content (AvgIpc) is 2.11. The minimum Gasteiger partial charge on any atom is -0.283 e. The van der Waals surface area contributed by atoms with Crippen LogP contribution >= 0.6 is 11.6 Å². The first-order valence-corrected chi connectivity index (χ1v) is 6.74. The van der Waals surface area contributed by atoms with E-state index in [-0.39, 0.29) is 6.42 Å². The van der Waals surface area contributed by atoms with Gasteiger partial charge in [0.1, 0.15) is 0 Å². The molecular weight excluding hydrogens is 248 g/mol. The van der Waals surface area contributed by atoms with E-state index in [9.17, 15) is 8.42 Å². The molecule has 86 valence electrons. The van der Waals surface area contributed by atoms with Crippen LogP contribution in [0.1, 0.15) is 11.1 Å². The smallest absolute Gasteiger partial charge is 0.229 e. The molecule has 0 bridgehead atoms. The van der Waals surface area contributed by atoms with Crippen molar-refractivity contribution in [1.82, 2.24) is 0 Å². The molecular formula is C10H11ClN2O2S. The van der Waals surface area contributed by atoms with E-state index in [0.29, 0.717) is 21.8 Å². The van der Waals surface area contributed by atoms with Crippen molar-refractivity contribution in [2.24, 2.45) is 0 Å². The van der Waals surface area contributed by atoms with Gasteiger partial charge in [0.05, 0.1) is 24.4 Å². The molecule has 0 spiro atoms. The number of benzene rings is 1. The van der Waals surface area contributed by atoms with Crippen molar-refractivity contribution < 1.29 is 8.42 Å². The predicted molar refractivity (Wildman–Crippen MR) is 64.0 cm³/mol. The number of hydrogen-bond acceptors (Lipinski definition) is 3. The maximum atomic E-state index is 11.1. The van der Waals surface area contributed by atoms with Crippen molar-refractivity contribution in [3.8, 4) is 6.07 Å². The van der Waals surface area contributed by atoms with Crippen LogP contribution in [-0.2, 0) is 16.4 Å². The molecule has 0 atom stereocenters. The van der Waals surface area contributed by atoms with Crippen LogP contribution in [0.25, 0.3) is 0 Å². The fourth-order valence-corrected chi connectivity index (χ4v) is 2.09. The van der Waals surface area contributed by atoms with Crippen molar-refractivity contribution in [1.29, 1.82) is 5.26 Å². The van der Waals surface area contributed by atoms with Gasteiger partial charge in [0, 0.05) is 5.02 Å². The largest absolute Gasteiger partial charge is 0.283 e. The lowest BCUT2D eigenvalue weighted by molar-refractivity contribution is 0.607. The minimum absolute atomic E-state index is 0.193. The van der Waals surface area contributed by atoms with Crippen molar-refractivity contribution in [3.63, 3.8) is 0 Å². The second-order valence-electron chi connectivity index (χ2n) is 3.46. The molecule has 0 aromatic heterocycles. The van der Waals surface area contributed by atoms with Gasteiger partial charge in [-0.1, -0.05) is 11.6 Å². The van der Waals surface area contributed by atoms with E-state index < -0.39 is 10.0 Å². The van der Waals surface area contributed by atoms with Gasteiger partial charge < -0.3 is 0 Å². The van der Waals surface area contributed by atoms with E-state index in [1.807, 2.05) is 6.07 Å². The van der Waals surface area contributed by atoms with Crippen LogP contribution in [0.15, 0.2) is 12.1 Å². The Labute approximate surface area is 99.9 Å². The summed E-state index contributed by atoms with van der Waals surface area (Å²) >= 11 is 5.94. The molecule has 1 aromatic carbocycles. The molecule has 0 radical (unpaired) electrons. The van der Waals surface area contributed by atoms with E-state index in [1.54, 1.807) is 19.1 Å². The van der Waals surface area contributed by atoms with E-state index >= 15 is 0 Å². The van der Waals surface area contributed by atoms with Crippen LogP contribution in [0, 0.1) is 18.3 Å². The molecule has 0 aliphatic heterocycles. The van der Waals surface area contributed by atoms with E-state index in [0.717, 1.165) is 6.26 Å². The van der Waals surface area contributed by atoms with Crippen LogP contribution in [0.4, 0.5) is 5.69 Å². The Morgan fingerprint density at radius 2 is 2.12 bits per heavy atom. The lowest BCUT2D eigenvalue weighted by Crippen LogP contribution is -2.11. The number of rotatable bonds is 3. The Morgan fingerprint density at radius 1 is 1.50 bits per heavy atom. The molecule has 0 aliphatic rings. The Balaban J connectivity index is 3.22. The highest BCUT2D eigenvalue weighted by Gasteiger charge is 2.09. The summed E-state index contributed by atoms with van der Waals surface area (Å²) in [5.41, 5.74) is 1.75. The van der Waals surface area contributed by atoms with Gasteiger partial charge in [-0.3, -0.25) is 4.72 Å². The summed E-state index contributed by atoms with van der Waals surface area (Å²) in [6.07, 6.45) is 1.26. The molecule has 0 unspecified atom stereocenters. The SMILES string of the molecule is Cc1c(Cl)cc(CC#N)cc1NS(C)(=O)=O. The molecule has 1 N–H and O–H groups in total. The number of nitrogens with one attached hydrogen (secondary N) is 1. The number of hydrogen-bond donors (Lipinski definition) is 1. The van der Waals surface area contributed by atoms with Gasteiger partial charge in [0.15, 0.2) is 0 Å². The fourth-order valence-electron chi connectivity index (χ4n) is 1.23. The fraction of sp³-hybridized carbons (Fsp3) is 0.300. The average molecular weight is 259 g/mol. The topological polar surface area (TPSA) is 70.0 Å². The Morgan fingerprint density at radius 3 is 2.62 bits per heavy atom. The van der Waals surface area contributed by atoms with Crippen molar-refractivity contribution >= 4 is 27.3 Å². The van der Waals surface area contributed by atoms with Gasteiger partial charge in [-0.15, -0.1) is 0 Å². The molecule has 0 saturated heterocycles. The predicted octanol–water partition coefficient (Wildman–Crippen LogP) is 2.09. The van der Waals surface area contributed by atoms with Gasteiger partial charge in [0.25, 0.3) is 0 Å². The zero-order valence-electron chi connectivity index (χ0n) is 8.91. The number of halogens is 1. The molecule has 1 rings (SSSR count). The van der Waals surface area contributed by atoms with Crippen molar-refractivity contribution in [2.75, 3.05) is 11.0 Å². The third kappa shape index (κ3) is 3.40. The highest BCUT2D eigenvalue weighted by atomic mass is 35.5.